The third-order valence-electron chi connectivity index (χ3n) is 5.16. The van der Waals surface area contributed by atoms with Crippen LogP contribution in [0.25, 0.3) is 0 Å². The standard InChI is InChI=1S/C18H26ClN3O/c19-17-11-20-8-6-16(17)13-22-9-7-14(12-22)10-21-18(23)15-4-2-1-3-5-15/h6,8,11,14-15H,1-5,7,9-10,12-13H2,(H,21,23)/t14-/m1/s1. The van der Waals surface area contributed by atoms with Crippen LogP contribution in [-0.2, 0) is 11.3 Å². The lowest BCUT2D eigenvalue weighted by Crippen LogP contribution is -2.36. The highest BCUT2D eigenvalue weighted by molar-refractivity contribution is 6.31. The van der Waals surface area contributed by atoms with Gasteiger partial charge in [0.1, 0.15) is 0 Å². The van der Waals surface area contributed by atoms with E-state index >= 15 is 0 Å². The van der Waals surface area contributed by atoms with Gasteiger partial charge in [0.25, 0.3) is 0 Å². The summed E-state index contributed by atoms with van der Waals surface area (Å²) in [7, 11) is 0. The first-order valence-corrected chi connectivity index (χ1v) is 9.18. The van der Waals surface area contributed by atoms with Crippen molar-refractivity contribution in [3.63, 3.8) is 0 Å². The Labute approximate surface area is 143 Å². The average Bonchev–Trinajstić information content (AvgIpc) is 3.03. The number of pyridine rings is 1. The Morgan fingerprint density at radius 2 is 2.13 bits per heavy atom. The summed E-state index contributed by atoms with van der Waals surface area (Å²) < 4.78 is 0. The minimum atomic E-state index is 0.261. The molecule has 1 aliphatic carbocycles. The molecular formula is C18H26ClN3O. The monoisotopic (exact) mass is 335 g/mol. The molecule has 126 valence electrons. The van der Waals surface area contributed by atoms with E-state index in [-0.39, 0.29) is 11.8 Å². The molecule has 1 saturated carbocycles. The highest BCUT2D eigenvalue weighted by atomic mass is 35.5. The predicted molar refractivity (Wildman–Crippen MR) is 92.2 cm³/mol. The number of carbonyl (C=O) groups excluding carboxylic acids is 1. The number of carbonyl (C=O) groups is 1. The molecule has 1 N–H and O–H groups in total. The summed E-state index contributed by atoms with van der Waals surface area (Å²) >= 11 is 6.18. The summed E-state index contributed by atoms with van der Waals surface area (Å²) in [5.41, 5.74) is 1.13. The van der Waals surface area contributed by atoms with Gasteiger partial charge in [-0.3, -0.25) is 14.7 Å². The van der Waals surface area contributed by atoms with Crippen LogP contribution in [0.4, 0.5) is 0 Å². The Kier molecular flexibility index (Phi) is 5.90. The molecule has 1 amide bonds. The van der Waals surface area contributed by atoms with Crippen molar-refractivity contribution in [2.75, 3.05) is 19.6 Å². The van der Waals surface area contributed by atoms with Crippen LogP contribution < -0.4 is 5.32 Å². The normalized spacial score (nSPS) is 23.1. The van der Waals surface area contributed by atoms with Gasteiger partial charge in [-0.2, -0.15) is 0 Å². The Bertz CT molecular complexity index is 531. The lowest BCUT2D eigenvalue weighted by molar-refractivity contribution is -0.126. The van der Waals surface area contributed by atoms with Crippen molar-refractivity contribution in [3.05, 3.63) is 29.0 Å². The van der Waals surface area contributed by atoms with Crippen molar-refractivity contribution in [2.24, 2.45) is 11.8 Å². The zero-order chi connectivity index (χ0) is 16.1. The molecule has 0 spiro atoms. The molecule has 5 heteroatoms. The number of amides is 1. The van der Waals surface area contributed by atoms with E-state index in [1.54, 1.807) is 12.4 Å². The van der Waals surface area contributed by atoms with Gasteiger partial charge < -0.3 is 5.32 Å². The second-order valence-corrected chi connectivity index (χ2v) is 7.34. The number of nitrogens with one attached hydrogen (secondary N) is 1. The Morgan fingerprint density at radius 1 is 1.30 bits per heavy atom. The van der Waals surface area contributed by atoms with Gasteiger partial charge in [-0.1, -0.05) is 30.9 Å². The fourth-order valence-corrected chi connectivity index (χ4v) is 3.93. The van der Waals surface area contributed by atoms with Gasteiger partial charge in [-0.25, -0.2) is 0 Å². The van der Waals surface area contributed by atoms with Crippen molar-refractivity contribution in [1.82, 2.24) is 15.2 Å². The minimum absolute atomic E-state index is 0.261. The largest absolute Gasteiger partial charge is 0.356 e. The molecule has 2 heterocycles. The molecular weight excluding hydrogens is 310 g/mol. The third-order valence-corrected chi connectivity index (χ3v) is 5.50. The highest BCUT2D eigenvalue weighted by Gasteiger charge is 2.25. The molecule has 0 unspecified atom stereocenters. The molecule has 23 heavy (non-hydrogen) atoms. The van der Waals surface area contributed by atoms with Gasteiger partial charge in [-0.05, 0) is 43.4 Å². The minimum Gasteiger partial charge on any atom is -0.356 e. The fourth-order valence-electron chi connectivity index (χ4n) is 3.75. The lowest BCUT2D eigenvalue weighted by Gasteiger charge is -2.22. The zero-order valence-corrected chi connectivity index (χ0v) is 14.4. The van der Waals surface area contributed by atoms with Gasteiger partial charge in [0.05, 0.1) is 5.02 Å². The van der Waals surface area contributed by atoms with Crippen LogP contribution in [0.15, 0.2) is 18.5 Å². The van der Waals surface area contributed by atoms with Gasteiger partial charge >= 0.3 is 0 Å². The molecule has 0 aromatic carbocycles. The average molecular weight is 336 g/mol. The Morgan fingerprint density at radius 3 is 2.91 bits per heavy atom. The maximum atomic E-state index is 12.2. The summed E-state index contributed by atoms with van der Waals surface area (Å²) in [6.45, 7) is 3.79. The number of hydrogen-bond donors (Lipinski definition) is 1. The molecule has 1 atom stereocenters. The predicted octanol–water partition coefficient (Wildman–Crippen LogP) is 3.25. The fraction of sp³-hybridized carbons (Fsp3) is 0.667. The van der Waals surface area contributed by atoms with Gasteiger partial charge in [0.2, 0.25) is 5.91 Å². The van der Waals surface area contributed by atoms with Gasteiger partial charge in [-0.15, -0.1) is 0 Å². The molecule has 4 nitrogen and oxygen atoms in total. The van der Waals surface area contributed by atoms with Crippen LogP contribution in [0.1, 0.15) is 44.1 Å². The second-order valence-electron chi connectivity index (χ2n) is 6.94. The van der Waals surface area contributed by atoms with E-state index in [9.17, 15) is 4.79 Å². The van der Waals surface area contributed by atoms with E-state index in [1.807, 2.05) is 6.07 Å². The van der Waals surface area contributed by atoms with Crippen LogP contribution in [0.2, 0.25) is 5.02 Å². The summed E-state index contributed by atoms with van der Waals surface area (Å²) in [4.78, 5) is 18.7. The first-order valence-electron chi connectivity index (χ1n) is 8.81. The smallest absolute Gasteiger partial charge is 0.223 e. The highest BCUT2D eigenvalue weighted by Crippen LogP contribution is 2.24. The van der Waals surface area contributed by atoms with Crippen molar-refractivity contribution in [1.29, 1.82) is 0 Å². The maximum absolute atomic E-state index is 12.2. The van der Waals surface area contributed by atoms with E-state index in [4.69, 9.17) is 11.6 Å². The number of aromatic nitrogens is 1. The molecule has 0 bridgehead atoms. The number of halogens is 1. The van der Waals surface area contributed by atoms with Gasteiger partial charge in [0, 0.05) is 37.9 Å². The SMILES string of the molecule is O=C(NC[C@H]1CCN(Cc2ccncc2Cl)C1)C1CCCCC1. The summed E-state index contributed by atoms with van der Waals surface area (Å²) in [5, 5.41) is 3.93. The Hall–Kier alpha value is -1.13. The Balaban J connectivity index is 1.41. The van der Waals surface area contributed by atoms with Crippen LogP contribution in [0.3, 0.4) is 0 Å². The van der Waals surface area contributed by atoms with Crippen LogP contribution >= 0.6 is 11.6 Å². The molecule has 2 fully saturated rings. The summed E-state index contributed by atoms with van der Waals surface area (Å²) in [6, 6.07) is 1.99. The number of hydrogen-bond acceptors (Lipinski definition) is 3. The van der Waals surface area contributed by atoms with Gasteiger partial charge in [0.15, 0.2) is 0 Å². The molecule has 1 saturated heterocycles. The van der Waals surface area contributed by atoms with E-state index < -0.39 is 0 Å². The molecule has 1 aromatic heterocycles. The van der Waals surface area contributed by atoms with E-state index in [0.29, 0.717) is 5.92 Å². The first-order chi connectivity index (χ1) is 11.2. The third kappa shape index (κ3) is 4.67. The molecule has 1 aromatic rings. The summed E-state index contributed by atoms with van der Waals surface area (Å²) in [5.74, 6) is 1.10. The van der Waals surface area contributed by atoms with Crippen molar-refractivity contribution < 1.29 is 4.79 Å². The first kappa shape index (κ1) is 16.7. The maximum Gasteiger partial charge on any atom is 0.223 e. The molecule has 1 aliphatic heterocycles. The van der Waals surface area contributed by atoms with Crippen molar-refractivity contribution in [2.45, 2.75) is 45.1 Å². The van der Waals surface area contributed by atoms with Crippen molar-refractivity contribution in [3.8, 4) is 0 Å². The molecule has 2 aliphatic rings. The molecule has 3 rings (SSSR count). The second kappa shape index (κ2) is 8.11. The zero-order valence-electron chi connectivity index (χ0n) is 13.6. The lowest BCUT2D eigenvalue weighted by atomic mass is 9.88. The number of likely N-dealkylation sites (tertiary alicyclic amines) is 1. The van der Waals surface area contributed by atoms with Crippen LogP contribution in [-0.4, -0.2) is 35.4 Å². The topological polar surface area (TPSA) is 45.2 Å². The summed E-state index contributed by atoms with van der Waals surface area (Å²) in [6.07, 6.45) is 10.5. The number of rotatable bonds is 5. The van der Waals surface area contributed by atoms with E-state index in [1.165, 1.54) is 19.3 Å². The van der Waals surface area contributed by atoms with Crippen LogP contribution in [0.5, 0.6) is 0 Å². The van der Waals surface area contributed by atoms with Crippen molar-refractivity contribution >= 4 is 17.5 Å². The quantitative estimate of drug-likeness (QED) is 0.898. The van der Waals surface area contributed by atoms with E-state index in [2.05, 4.69) is 15.2 Å². The van der Waals surface area contributed by atoms with E-state index in [0.717, 1.165) is 56.0 Å². The molecule has 0 radical (unpaired) electrons. The number of nitrogens with zero attached hydrogens (tertiary/aromatic N) is 2. The van der Waals surface area contributed by atoms with Crippen LogP contribution in [0, 0.1) is 11.8 Å².